The molecule has 0 spiro atoms. The summed E-state index contributed by atoms with van der Waals surface area (Å²) >= 11 is 0. The molecule has 1 aromatic carbocycles. The highest BCUT2D eigenvalue weighted by molar-refractivity contribution is 14.0. The monoisotopic (exact) mass is 498 g/mol. The van der Waals surface area contributed by atoms with Crippen molar-refractivity contribution in [1.82, 2.24) is 15.5 Å². The fourth-order valence-electron chi connectivity index (χ4n) is 3.25. The second-order valence-corrected chi connectivity index (χ2v) is 6.46. The van der Waals surface area contributed by atoms with Crippen molar-refractivity contribution in [3.05, 3.63) is 54.0 Å². The van der Waals surface area contributed by atoms with Gasteiger partial charge in [-0.25, -0.2) is 0 Å². The first-order chi connectivity index (χ1) is 13.2. The van der Waals surface area contributed by atoms with Crippen LogP contribution in [0.5, 0.6) is 5.75 Å². The number of ether oxygens (including phenoxy) is 1. The van der Waals surface area contributed by atoms with Crippen LogP contribution in [0.2, 0.25) is 0 Å². The zero-order chi connectivity index (χ0) is 19.1. The van der Waals surface area contributed by atoms with E-state index < -0.39 is 0 Å². The van der Waals surface area contributed by atoms with Gasteiger partial charge in [-0.1, -0.05) is 12.1 Å². The molecular formula is C20H27IN4O3. The summed E-state index contributed by atoms with van der Waals surface area (Å²) in [5.74, 6) is 2.70. The number of guanidine groups is 1. The molecule has 0 saturated carbocycles. The number of aliphatic imine (C=N–C) groups is 1. The molecule has 7 nitrogen and oxygen atoms in total. The van der Waals surface area contributed by atoms with Gasteiger partial charge in [0, 0.05) is 26.1 Å². The van der Waals surface area contributed by atoms with E-state index >= 15 is 0 Å². The highest BCUT2D eigenvalue weighted by Gasteiger charge is 2.26. The number of benzene rings is 1. The Morgan fingerprint density at radius 2 is 2.07 bits per heavy atom. The molecule has 0 radical (unpaired) electrons. The van der Waals surface area contributed by atoms with Crippen LogP contribution in [-0.4, -0.2) is 50.6 Å². The lowest BCUT2D eigenvalue weighted by Crippen LogP contribution is -2.44. The smallest absolute Gasteiger partial charge is 0.239 e. The molecule has 1 aliphatic heterocycles. The minimum atomic E-state index is -0.0987. The minimum absolute atomic E-state index is 0. The molecule has 1 amide bonds. The van der Waals surface area contributed by atoms with Crippen molar-refractivity contribution in [3.8, 4) is 5.75 Å². The standard InChI is InChI=1S/C20H26N4O3.HI/c1-21-20(23-13-19(25)22-12-18-4-3-11-27-18)24-10-9-16(14-24)15-5-7-17(26-2)8-6-15;/h3-8,11,16H,9-10,12-14H2,1-2H3,(H,21,23)(H,22,25);1H. The van der Waals surface area contributed by atoms with Gasteiger partial charge in [-0.05, 0) is 36.2 Å². The zero-order valence-corrected chi connectivity index (χ0v) is 18.5. The predicted molar refractivity (Wildman–Crippen MR) is 119 cm³/mol. The Morgan fingerprint density at radius 3 is 2.71 bits per heavy atom. The number of furan rings is 1. The molecule has 0 aliphatic carbocycles. The minimum Gasteiger partial charge on any atom is -0.497 e. The molecule has 3 rings (SSSR count). The van der Waals surface area contributed by atoms with E-state index in [9.17, 15) is 4.79 Å². The zero-order valence-electron chi connectivity index (χ0n) is 16.2. The summed E-state index contributed by atoms with van der Waals surface area (Å²) in [6.07, 6.45) is 2.64. The van der Waals surface area contributed by atoms with Gasteiger partial charge in [0.2, 0.25) is 5.91 Å². The van der Waals surface area contributed by atoms with E-state index in [4.69, 9.17) is 9.15 Å². The van der Waals surface area contributed by atoms with Crippen LogP contribution >= 0.6 is 24.0 Å². The van der Waals surface area contributed by atoms with Gasteiger partial charge in [0.1, 0.15) is 11.5 Å². The SMILES string of the molecule is CN=C(NCC(=O)NCc1ccco1)N1CCC(c2ccc(OC)cc2)C1.I. The average molecular weight is 498 g/mol. The van der Waals surface area contributed by atoms with Crippen LogP contribution in [0.15, 0.2) is 52.1 Å². The second kappa shape index (κ2) is 10.9. The van der Waals surface area contributed by atoms with E-state index in [1.807, 2.05) is 18.2 Å². The van der Waals surface area contributed by atoms with Crippen LogP contribution in [0, 0.1) is 0 Å². The molecule has 2 N–H and O–H groups in total. The molecule has 1 saturated heterocycles. The summed E-state index contributed by atoms with van der Waals surface area (Å²) in [5.41, 5.74) is 1.30. The van der Waals surface area contributed by atoms with Gasteiger partial charge in [-0.3, -0.25) is 9.79 Å². The first-order valence-electron chi connectivity index (χ1n) is 9.08. The molecule has 8 heteroatoms. The van der Waals surface area contributed by atoms with E-state index in [1.54, 1.807) is 26.5 Å². The van der Waals surface area contributed by atoms with E-state index in [0.29, 0.717) is 12.5 Å². The maximum Gasteiger partial charge on any atom is 0.239 e. The number of rotatable bonds is 6. The van der Waals surface area contributed by atoms with Crippen molar-refractivity contribution in [3.63, 3.8) is 0 Å². The fourth-order valence-corrected chi connectivity index (χ4v) is 3.25. The predicted octanol–water partition coefficient (Wildman–Crippen LogP) is 2.59. The van der Waals surface area contributed by atoms with Crippen molar-refractivity contribution >= 4 is 35.8 Å². The maximum absolute atomic E-state index is 12.0. The normalized spacial score (nSPS) is 16.4. The molecular weight excluding hydrogens is 471 g/mol. The topological polar surface area (TPSA) is 79.1 Å². The van der Waals surface area contributed by atoms with E-state index in [1.165, 1.54) is 5.56 Å². The van der Waals surface area contributed by atoms with Gasteiger partial charge in [0.25, 0.3) is 0 Å². The number of nitrogens with zero attached hydrogens (tertiary/aromatic N) is 2. The quantitative estimate of drug-likeness (QED) is 0.364. The number of methoxy groups -OCH3 is 1. The van der Waals surface area contributed by atoms with Crippen LogP contribution in [0.4, 0.5) is 0 Å². The van der Waals surface area contributed by atoms with Crippen molar-refractivity contribution in [2.24, 2.45) is 4.99 Å². The van der Waals surface area contributed by atoms with Gasteiger partial charge in [-0.15, -0.1) is 24.0 Å². The number of carbonyl (C=O) groups is 1. The van der Waals surface area contributed by atoms with Crippen LogP contribution in [0.1, 0.15) is 23.7 Å². The summed E-state index contributed by atoms with van der Waals surface area (Å²) in [5, 5.41) is 5.96. The number of amides is 1. The Balaban J connectivity index is 0.00000280. The molecule has 2 aromatic rings. The Kier molecular flexibility index (Phi) is 8.62. The van der Waals surface area contributed by atoms with Crippen molar-refractivity contribution in [1.29, 1.82) is 0 Å². The van der Waals surface area contributed by atoms with Crippen molar-refractivity contribution < 1.29 is 13.9 Å². The number of likely N-dealkylation sites (tertiary alicyclic amines) is 1. The lowest BCUT2D eigenvalue weighted by atomic mass is 9.98. The van der Waals surface area contributed by atoms with Gasteiger partial charge < -0.3 is 24.7 Å². The Bertz CT molecular complexity index is 762. The lowest BCUT2D eigenvalue weighted by molar-refractivity contribution is -0.120. The van der Waals surface area contributed by atoms with E-state index in [-0.39, 0.29) is 36.4 Å². The molecule has 1 aromatic heterocycles. The summed E-state index contributed by atoms with van der Waals surface area (Å²) in [4.78, 5) is 18.5. The summed E-state index contributed by atoms with van der Waals surface area (Å²) in [7, 11) is 3.41. The lowest BCUT2D eigenvalue weighted by Gasteiger charge is -2.21. The third kappa shape index (κ3) is 5.88. The van der Waals surface area contributed by atoms with Crippen LogP contribution < -0.4 is 15.4 Å². The first kappa shape index (κ1) is 22.1. The molecule has 1 atom stereocenters. The molecule has 1 fully saturated rings. The number of halogens is 1. The molecule has 152 valence electrons. The Hall–Kier alpha value is -2.23. The fraction of sp³-hybridized carbons (Fsp3) is 0.400. The summed E-state index contributed by atoms with van der Waals surface area (Å²) in [6, 6.07) is 11.9. The number of hydrogen-bond acceptors (Lipinski definition) is 4. The second-order valence-electron chi connectivity index (χ2n) is 6.46. The molecule has 1 unspecified atom stereocenters. The molecule has 28 heavy (non-hydrogen) atoms. The van der Waals surface area contributed by atoms with Crippen LogP contribution in [0.3, 0.4) is 0 Å². The summed E-state index contributed by atoms with van der Waals surface area (Å²) in [6.45, 7) is 2.34. The third-order valence-corrected chi connectivity index (χ3v) is 4.73. The van der Waals surface area contributed by atoms with E-state index in [2.05, 4.69) is 32.7 Å². The number of carbonyl (C=O) groups excluding carboxylic acids is 1. The highest BCUT2D eigenvalue weighted by atomic mass is 127. The largest absolute Gasteiger partial charge is 0.497 e. The van der Waals surface area contributed by atoms with Gasteiger partial charge in [0.15, 0.2) is 5.96 Å². The number of hydrogen-bond donors (Lipinski definition) is 2. The molecule has 1 aliphatic rings. The Labute approximate surface area is 182 Å². The van der Waals surface area contributed by atoms with Gasteiger partial charge >= 0.3 is 0 Å². The third-order valence-electron chi connectivity index (χ3n) is 4.73. The Morgan fingerprint density at radius 1 is 1.29 bits per heavy atom. The van der Waals surface area contributed by atoms with Crippen LogP contribution in [-0.2, 0) is 11.3 Å². The highest BCUT2D eigenvalue weighted by Crippen LogP contribution is 2.28. The molecule has 0 bridgehead atoms. The maximum atomic E-state index is 12.0. The van der Waals surface area contributed by atoms with Gasteiger partial charge in [0.05, 0.1) is 26.5 Å². The summed E-state index contributed by atoms with van der Waals surface area (Å²) < 4.78 is 10.4. The van der Waals surface area contributed by atoms with E-state index in [0.717, 1.165) is 37.0 Å². The van der Waals surface area contributed by atoms with Crippen LogP contribution in [0.25, 0.3) is 0 Å². The average Bonchev–Trinajstić information content (AvgIpc) is 3.39. The van der Waals surface area contributed by atoms with Gasteiger partial charge in [-0.2, -0.15) is 0 Å². The van der Waals surface area contributed by atoms with Crippen molar-refractivity contribution in [2.45, 2.75) is 18.9 Å². The van der Waals surface area contributed by atoms with Crippen molar-refractivity contribution in [2.75, 3.05) is 33.8 Å². The first-order valence-corrected chi connectivity index (χ1v) is 9.08. The molecule has 2 heterocycles. The number of nitrogens with one attached hydrogen (secondary N) is 2.